The summed E-state index contributed by atoms with van der Waals surface area (Å²) in [6, 6.07) is 4.70. The second-order valence-corrected chi connectivity index (χ2v) is 6.66. The van der Waals surface area contributed by atoms with E-state index < -0.39 is 10.0 Å². The average Bonchev–Trinajstić information content (AvgIpc) is 2.41. The standard InChI is InChI=1S/C12H18ClN3O2S2/c1-4-16(5-2)20(17,18)11-8-9(6-7-10(11)13)15-12(19)14-3/h6-8H,4-5H2,1-3H3,(H2,14,15,19). The lowest BCUT2D eigenvalue weighted by Crippen LogP contribution is -2.31. The zero-order valence-corrected chi connectivity index (χ0v) is 14.0. The quantitative estimate of drug-likeness (QED) is 0.808. The van der Waals surface area contributed by atoms with Crippen LogP contribution in [0.4, 0.5) is 5.69 Å². The molecule has 0 atom stereocenters. The summed E-state index contributed by atoms with van der Waals surface area (Å²) in [4.78, 5) is 0.0757. The Bertz CT molecular complexity index is 586. The summed E-state index contributed by atoms with van der Waals surface area (Å²) in [5.41, 5.74) is 0.569. The van der Waals surface area contributed by atoms with Gasteiger partial charge in [-0.1, -0.05) is 25.4 Å². The molecule has 0 amide bonds. The van der Waals surface area contributed by atoms with Crippen molar-refractivity contribution in [2.75, 3.05) is 25.5 Å². The van der Waals surface area contributed by atoms with Crippen molar-refractivity contribution in [3.05, 3.63) is 23.2 Å². The van der Waals surface area contributed by atoms with Crippen LogP contribution < -0.4 is 10.6 Å². The van der Waals surface area contributed by atoms with Crippen molar-refractivity contribution in [3.63, 3.8) is 0 Å². The van der Waals surface area contributed by atoms with Gasteiger partial charge in [-0.15, -0.1) is 0 Å². The Morgan fingerprint density at radius 3 is 2.45 bits per heavy atom. The average molecular weight is 336 g/mol. The molecular weight excluding hydrogens is 318 g/mol. The van der Waals surface area contributed by atoms with Crippen LogP contribution in [-0.2, 0) is 10.0 Å². The van der Waals surface area contributed by atoms with Crippen molar-refractivity contribution in [1.82, 2.24) is 9.62 Å². The first-order chi connectivity index (χ1) is 9.36. The molecule has 1 rings (SSSR count). The molecule has 0 aliphatic rings. The molecule has 0 heterocycles. The number of nitrogens with one attached hydrogen (secondary N) is 2. The molecule has 20 heavy (non-hydrogen) atoms. The molecule has 0 aromatic heterocycles. The van der Waals surface area contributed by atoms with Gasteiger partial charge in [-0.3, -0.25) is 0 Å². The van der Waals surface area contributed by atoms with Crippen LogP contribution >= 0.6 is 23.8 Å². The van der Waals surface area contributed by atoms with Gasteiger partial charge >= 0.3 is 0 Å². The molecular formula is C12H18ClN3O2S2. The molecule has 0 aliphatic heterocycles. The van der Waals surface area contributed by atoms with Crippen LogP contribution in [0, 0.1) is 0 Å². The van der Waals surface area contributed by atoms with Crippen molar-refractivity contribution >= 4 is 44.6 Å². The van der Waals surface area contributed by atoms with Crippen LogP contribution in [0.1, 0.15) is 13.8 Å². The number of benzene rings is 1. The van der Waals surface area contributed by atoms with E-state index in [0.29, 0.717) is 23.9 Å². The van der Waals surface area contributed by atoms with Crippen LogP contribution in [0.15, 0.2) is 23.1 Å². The van der Waals surface area contributed by atoms with E-state index in [-0.39, 0.29) is 9.92 Å². The van der Waals surface area contributed by atoms with Gasteiger partial charge in [-0.25, -0.2) is 8.42 Å². The zero-order chi connectivity index (χ0) is 15.3. The molecule has 5 nitrogen and oxygen atoms in total. The van der Waals surface area contributed by atoms with Crippen LogP contribution in [0.3, 0.4) is 0 Å². The summed E-state index contributed by atoms with van der Waals surface area (Å²) in [6.45, 7) is 4.35. The zero-order valence-electron chi connectivity index (χ0n) is 11.6. The second kappa shape index (κ2) is 7.21. The van der Waals surface area contributed by atoms with Crippen LogP contribution in [0.2, 0.25) is 5.02 Å². The molecule has 0 bridgehead atoms. The van der Waals surface area contributed by atoms with Crippen molar-refractivity contribution in [1.29, 1.82) is 0 Å². The maximum absolute atomic E-state index is 12.5. The minimum absolute atomic E-state index is 0.0757. The summed E-state index contributed by atoms with van der Waals surface area (Å²) in [5, 5.41) is 6.24. The van der Waals surface area contributed by atoms with Crippen molar-refractivity contribution < 1.29 is 8.42 Å². The SMILES string of the molecule is CCN(CC)S(=O)(=O)c1cc(NC(=S)NC)ccc1Cl. The molecule has 0 spiro atoms. The molecule has 112 valence electrons. The maximum Gasteiger partial charge on any atom is 0.244 e. The van der Waals surface area contributed by atoms with Crippen molar-refractivity contribution in [2.24, 2.45) is 0 Å². The third-order valence-corrected chi connectivity index (χ3v) is 5.58. The van der Waals surface area contributed by atoms with E-state index in [2.05, 4.69) is 10.6 Å². The van der Waals surface area contributed by atoms with E-state index in [9.17, 15) is 8.42 Å². The van der Waals surface area contributed by atoms with Gasteiger partial charge in [0.2, 0.25) is 10.0 Å². The van der Waals surface area contributed by atoms with Gasteiger partial charge in [0.25, 0.3) is 0 Å². The molecule has 1 aromatic carbocycles. The number of hydrogen-bond donors (Lipinski definition) is 2. The molecule has 0 saturated heterocycles. The molecule has 0 radical (unpaired) electrons. The Morgan fingerprint density at radius 1 is 1.35 bits per heavy atom. The van der Waals surface area contributed by atoms with Gasteiger partial charge in [0.1, 0.15) is 4.90 Å². The van der Waals surface area contributed by atoms with Gasteiger partial charge in [0.05, 0.1) is 5.02 Å². The Labute approximate surface area is 130 Å². The Hall–Kier alpha value is -0.890. The number of sulfonamides is 1. The number of nitrogens with zero attached hydrogens (tertiary/aromatic N) is 1. The summed E-state index contributed by atoms with van der Waals surface area (Å²) in [6.07, 6.45) is 0. The lowest BCUT2D eigenvalue weighted by Gasteiger charge is -2.20. The highest BCUT2D eigenvalue weighted by molar-refractivity contribution is 7.89. The number of anilines is 1. The first kappa shape index (κ1) is 17.2. The second-order valence-electron chi connectivity index (χ2n) is 3.94. The fourth-order valence-corrected chi connectivity index (χ4v) is 3.75. The predicted octanol–water partition coefficient (Wildman–Crippen LogP) is 2.29. The van der Waals surface area contributed by atoms with E-state index in [1.54, 1.807) is 33.0 Å². The van der Waals surface area contributed by atoms with Crippen molar-refractivity contribution in [2.45, 2.75) is 18.7 Å². The van der Waals surface area contributed by atoms with Crippen LogP contribution in [-0.4, -0.2) is 38.0 Å². The van der Waals surface area contributed by atoms with Gasteiger partial charge in [0.15, 0.2) is 5.11 Å². The van der Waals surface area contributed by atoms with Gasteiger partial charge in [-0.05, 0) is 30.4 Å². The van der Waals surface area contributed by atoms with E-state index in [4.69, 9.17) is 23.8 Å². The minimum atomic E-state index is -3.60. The predicted molar refractivity (Wildman–Crippen MR) is 86.8 cm³/mol. The Morgan fingerprint density at radius 2 is 1.95 bits per heavy atom. The van der Waals surface area contributed by atoms with E-state index >= 15 is 0 Å². The van der Waals surface area contributed by atoms with Gasteiger partial charge < -0.3 is 10.6 Å². The third-order valence-electron chi connectivity index (χ3n) is 2.74. The summed E-state index contributed by atoms with van der Waals surface area (Å²) >= 11 is 11.0. The molecule has 2 N–H and O–H groups in total. The number of hydrogen-bond acceptors (Lipinski definition) is 3. The van der Waals surface area contributed by atoms with Gasteiger partial charge in [0, 0.05) is 25.8 Å². The number of thiocarbonyl (C=S) groups is 1. The lowest BCUT2D eigenvalue weighted by molar-refractivity contribution is 0.445. The first-order valence-corrected chi connectivity index (χ1v) is 8.37. The normalized spacial score (nSPS) is 11.4. The van der Waals surface area contributed by atoms with E-state index in [1.807, 2.05) is 0 Å². The number of rotatable bonds is 5. The van der Waals surface area contributed by atoms with Crippen molar-refractivity contribution in [3.8, 4) is 0 Å². The Balaban J connectivity index is 3.23. The molecule has 8 heteroatoms. The topological polar surface area (TPSA) is 61.4 Å². The number of halogens is 1. The highest BCUT2D eigenvalue weighted by Crippen LogP contribution is 2.27. The minimum Gasteiger partial charge on any atom is -0.366 e. The summed E-state index contributed by atoms with van der Waals surface area (Å²) < 4.78 is 26.3. The molecule has 1 aromatic rings. The molecule has 0 saturated carbocycles. The smallest absolute Gasteiger partial charge is 0.244 e. The van der Waals surface area contributed by atoms with Gasteiger partial charge in [-0.2, -0.15) is 4.31 Å². The summed E-state index contributed by atoms with van der Waals surface area (Å²) in [5.74, 6) is 0. The lowest BCUT2D eigenvalue weighted by atomic mass is 10.3. The molecule has 0 fully saturated rings. The van der Waals surface area contributed by atoms with Crippen LogP contribution in [0.25, 0.3) is 0 Å². The summed E-state index contributed by atoms with van der Waals surface area (Å²) in [7, 11) is -1.92. The highest BCUT2D eigenvalue weighted by atomic mass is 35.5. The monoisotopic (exact) mass is 335 g/mol. The fourth-order valence-electron chi connectivity index (χ4n) is 1.68. The highest BCUT2D eigenvalue weighted by Gasteiger charge is 2.24. The maximum atomic E-state index is 12.5. The molecule has 0 aliphatic carbocycles. The molecule has 0 unspecified atom stereocenters. The third kappa shape index (κ3) is 3.82. The Kier molecular flexibility index (Phi) is 6.19. The fraction of sp³-hybridized carbons (Fsp3) is 0.417. The van der Waals surface area contributed by atoms with E-state index in [1.165, 1.54) is 10.4 Å². The largest absolute Gasteiger partial charge is 0.366 e. The first-order valence-electron chi connectivity index (χ1n) is 6.15. The van der Waals surface area contributed by atoms with Crippen LogP contribution in [0.5, 0.6) is 0 Å². The van der Waals surface area contributed by atoms with E-state index in [0.717, 1.165) is 0 Å².